The zero-order valence-electron chi connectivity index (χ0n) is 11.1. The van der Waals surface area contributed by atoms with Crippen molar-refractivity contribution in [2.24, 2.45) is 0 Å². The number of anilines is 1. The zero-order chi connectivity index (χ0) is 14.8. The standard InChI is InChI=1S/C12H15BrN4O2S/c1-8-4-3-5-10(11(8)13)17-20(18,19)12-9(6-14-2)7-15-16-12/h3-5,7,14,17H,6H2,1-2H3,(H,15,16). The lowest BCUT2D eigenvalue weighted by Crippen LogP contribution is -2.17. The summed E-state index contributed by atoms with van der Waals surface area (Å²) in [6.45, 7) is 2.31. The first-order valence-corrected chi connectivity index (χ1v) is 8.18. The number of nitrogens with one attached hydrogen (secondary N) is 3. The molecule has 2 aromatic rings. The number of hydrogen-bond acceptors (Lipinski definition) is 4. The van der Waals surface area contributed by atoms with Gasteiger partial charge in [0.1, 0.15) is 0 Å². The van der Waals surface area contributed by atoms with Gasteiger partial charge in [0.2, 0.25) is 0 Å². The van der Waals surface area contributed by atoms with Crippen LogP contribution in [0.3, 0.4) is 0 Å². The van der Waals surface area contributed by atoms with E-state index in [2.05, 4.69) is 36.2 Å². The van der Waals surface area contributed by atoms with Crippen molar-refractivity contribution >= 4 is 31.6 Å². The molecule has 1 heterocycles. The van der Waals surface area contributed by atoms with Crippen LogP contribution < -0.4 is 10.0 Å². The number of hydrogen-bond donors (Lipinski definition) is 3. The smallest absolute Gasteiger partial charge is 0.279 e. The van der Waals surface area contributed by atoms with E-state index in [1.807, 2.05) is 13.0 Å². The molecule has 2 rings (SSSR count). The number of H-pyrrole nitrogens is 1. The molecule has 0 saturated carbocycles. The minimum atomic E-state index is -3.70. The molecule has 0 aliphatic heterocycles. The molecule has 0 amide bonds. The molecular weight excluding hydrogens is 344 g/mol. The maximum atomic E-state index is 12.4. The van der Waals surface area contributed by atoms with Crippen LogP contribution in [0.2, 0.25) is 0 Å². The maximum Gasteiger partial charge on any atom is 0.279 e. The summed E-state index contributed by atoms with van der Waals surface area (Å²) in [4.78, 5) is 0. The van der Waals surface area contributed by atoms with Crippen LogP contribution in [0.25, 0.3) is 0 Å². The number of rotatable bonds is 5. The Hall–Kier alpha value is -1.38. The highest BCUT2D eigenvalue weighted by Gasteiger charge is 2.21. The van der Waals surface area contributed by atoms with E-state index in [-0.39, 0.29) is 5.03 Å². The van der Waals surface area contributed by atoms with Crippen LogP contribution in [-0.2, 0) is 16.6 Å². The fourth-order valence-corrected chi connectivity index (χ4v) is 3.47. The van der Waals surface area contributed by atoms with E-state index >= 15 is 0 Å². The van der Waals surface area contributed by atoms with Crippen molar-refractivity contribution in [2.75, 3.05) is 11.8 Å². The Morgan fingerprint density at radius 2 is 2.15 bits per heavy atom. The minimum absolute atomic E-state index is 0.0697. The van der Waals surface area contributed by atoms with Crippen molar-refractivity contribution in [1.29, 1.82) is 0 Å². The number of aromatic amines is 1. The number of aromatic nitrogens is 2. The summed E-state index contributed by atoms with van der Waals surface area (Å²) in [7, 11) is -1.96. The second kappa shape index (κ2) is 5.94. The average Bonchev–Trinajstić information content (AvgIpc) is 2.84. The van der Waals surface area contributed by atoms with Crippen molar-refractivity contribution in [3.63, 3.8) is 0 Å². The Kier molecular flexibility index (Phi) is 4.46. The number of sulfonamides is 1. The lowest BCUT2D eigenvalue weighted by Gasteiger charge is -2.11. The third-order valence-corrected chi connectivity index (χ3v) is 5.18. The summed E-state index contributed by atoms with van der Waals surface area (Å²) in [5.41, 5.74) is 2.03. The zero-order valence-corrected chi connectivity index (χ0v) is 13.5. The van der Waals surface area contributed by atoms with Crippen LogP contribution in [0.15, 0.2) is 33.9 Å². The largest absolute Gasteiger partial charge is 0.316 e. The number of aryl methyl sites for hydroxylation is 1. The molecule has 0 spiro atoms. The molecule has 8 heteroatoms. The number of halogens is 1. The SMILES string of the molecule is CNCc1cn[nH]c1S(=O)(=O)Nc1cccc(C)c1Br. The van der Waals surface area contributed by atoms with Gasteiger partial charge in [-0.2, -0.15) is 13.5 Å². The van der Waals surface area contributed by atoms with Crippen molar-refractivity contribution in [1.82, 2.24) is 15.5 Å². The van der Waals surface area contributed by atoms with E-state index in [9.17, 15) is 8.42 Å². The first-order valence-electron chi connectivity index (χ1n) is 5.90. The van der Waals surface area contributed by atoms with Crippen LogP contribution in [0.4, 0.5) is 5.69 Å². The molecule has 1 aromatic carbocycles. The highest BCUT2D eigenvalue weighted by Crippen LogP contribution is 2.28. The third-order valence-electron chi connectivity index (χ3n) is 2.75. The molecule has 0 bridgehead atoms. The summed E-state index contributed by atoms with van der Waals surface area (Å²) >= 11 is 3.38. The van der Waals surface area contributed by atoms with Gasteiger partial charge in [-0.25, -0.2) is 0 Å². The van der Waals surface area contributed by atoms with Gasteiger partial charge in [0.15, 0.2) is 5.03 Å². The summed E-state index contributed by atoms with van der Waals surface area (Å²) in [6.07, 6.45) is 1.50. The van der Waals surface area contributed by atoms with Gasteiger partial charge in [0.25, 0.3) is 10.0 Å². The Balaban J connectivity index is 2.36. The topological polar surface area (TPSA) is 86.9 Å². The molecular formula is C12H15BrN4O2S. The van der Waals surface area contributed by atoms with Crippen molar-refractivity contribution < 1.29 is 8.42 Å². The molecule has 20 heavy (non-hydrogen) atoms. The van der Waals surface area contributed by atoms with Crippen LogP contribution in [0, 0.1) is 6.92 Å². The van der Waals surface area contributed by atoms with Crippen LogP contribution >= 0.6 is 15.9 Å². The predicted octanol–water partition coefficient (Wildman–Crippen LogP) is 2.00. The molecule has 0 aliphatic rings. The molecule has 1 aromatic heterocycles. The summed E-state index contributed by atoms with van der Waals surface area (Å²) < 4.78 is 28.1. The van der Waals surface area contributed by atoms with E-state index in [0.29, 0.717) is 17.8 Å². The Bertz CT molecular complexity index is 712. The summed E-state index contributed by atoms with van der Waals surface area (Å²) in [5.74, 6) is 0. The van der Waals surface area contributed by atoms with Gasteiger partial charge in [0.05, 0.1) is 11.9 Å². The molecule has 6 nitrogen and oxygen atoms in total. The maximum absolute atomic E-state index is 12.4. The third kappa shape index (κ3) is 3.02. The normalized spacial score (nSPS) is 11.6. The van der Waals surface area contributed by atoms with Gasteiger partial charge in [-0.15, -0.1) is 0 Å². The molecule has 0 atom stereocenters. The fraction of sp³-hybridized carbons (Fsp3) is 0.250. The highest BCUT2D eigenvalue weighted by atomic mass is 79.9. The second-order valence-electron chi connectivity index (χ2n) is 4.30. The quantitative estimate of drug-likeness (QED) is 0.762. The monoisotopic (exact) mass is 358 g/mol. The van der Waals surface area contributed by atoms with Crippen LogP contribution in [0.1, 0.15) is 11.1 Å². The van der Waals surface area contributed by atoms with E-state index in [1.165, 1.54) is 6.20 Å². The van der Waals surface area contributed by atoms with Gasteiger partial charge in [-0.05, 0) is 41.5 Å². The highest BCUT2D eigenvalue weighted by molar-refractivity contribution is 9.10. The first-order chi connectivity index (χ1) is 9.45. The van der Waals surface area contributed by atoms with Crippen molar-refractivity contribution in [3.05, 3.63) is 40.0 Å². The van der Waals surface area contributed by atoms with Crippen LogP contribution in [0.5, 0.6) is 0 Å². The number of nitrogens with zero attached hydrogens (tertiary/aromatic N) is 1. The van der Waals surface area contributed by atoms with E-state index < -0.39 is 10.0 Å². The molecule has 0 saturated heterocycles. The summed E-state index contributed by atoms with van der Waals surface area (Å²) in [5, 5.41) is 9.30. The van der Waals surface area contributed by atoms with Gasteiger partial charge in [-0.1, -0.05) is 12.1 Å². The lowest BCUT2D eigenvalue weighted by molar-refractivity contribution is 0.595. The molecule has 0 unspecified atom stereocenters. The van der Waals surface area contributed by atoms with E-state index in [1.54, 1.807) is 19.2 Å². The van der Waals surface area contributed by atoms with E-state index in [0.717, 1.165) is 10.0 Å². The molecule has 0 fully saturated rings. The Morgan fingerprint density at radius 1 is 1.40 bits per heavy atom. The lowest BCUT2D eigenvalue weighted by atomic mass is 10.2. The van der Waals surface area contributed by atoms with E-state index in [4.69, 9.17) is 0 Å². The van der Waals surface area contributed by atoms with Crippen molar-refractivity contribution in [2.45, 2.75) is 18.5 Å². The minimum Gasteiger partial charge on any atom is -0.316 e. The molecule has 0 radical (unpaired) electrons. The van der Waals surface area contributed by atoms with Gasteiger partial charge in [0, 0.05) is 16.6 Å². The molecule has 3 N–H and O–H groups in total. The number of benzene rings is 1. The first kappa shape index (κ1) is 15.0. The second-order valence-corrected chi connectivity index (χ2v) is 6.71. The predicted molar refractivity (Wildman–Crippen MR) is 81.0 cm³/mol. The Morgan fingerprint density at radius 3 is 2.85 bits per heavy atom. The van der Waals surface area contributed by atoms with Gasteiger partial charge >= 0.3 is 0 Å². The van der Waals surface area contributed by atoms with Crippen LogP contribution in [-0.4, -0.2) is 25.7 Å². The molecule has 108 valence electrons. The average molecular weight is 359 g/mol. The fourth-order valence-electron chi connectivity index (χ4n) is 1.77. The molecule has 0 aliphatic carbocycles. The van der Waals surface area contributed by atoms with Crippen molar-refractivity contribution in [3.8, 4) is 0 Å². The van der Waals surface area contributed by atoms with Gasteiger partial charge in [-0.3, -0.25) is 9.82 Å². The summed E-state index contributed by atoms with van der Waals surface area (Å²) in [6, 6.07) is 5.38. The Labute approximate surface area is 126 Å². The van der Waals surface area contributed by atoms with Gasteiger partial charge < -0.3 is 5.32 Å².